The number of carbonyl (C=O) groups excluding carboxylic acids is 1. The van der Waals surface area contributed by atoms with Crippen molar-refractivity contribution >= 4 is 25.6 Å². The van der Waals surface area contributed by atoms with Crippen molar-refractivity contribution in [3.8, 4) is 5.75 Å². The monoisotopic (exact) mass is 495 g/mol. The summed E-state index contributed by atoms with van der Waals surface area (Å²) in [5.41, 5.74) is 1.89. The molecule has 1 fully saturated rings. The molecule has 1 amide bonds. The molecule has 1 saturated carbocycles. The van der Waals surface area contributed by atoms with Crippen molar-refractivity contribution in [2.24, 2.45) is 5.41 Å². The van der Waals surface area contributed by atoms with Crippen LogP contribution in [0, 0.1) is 5.41 Å². The van der Waals surface area contributed by atoms with Crippen LogP contribution in [0.25, 0.3) is 0 Å². The molecule has 1 aromatic rings. The number of fused-ring (bicyclic) bond motifs is 1. The SMILES string of the molecule is CC(=O)N[C@@H](C[Si](C)(C)C)[C@H](O)CN[C@H]1CC2(CCC2)Oc2c1cc(CC(C)(C)C)nc2Cl. The third-order valence-corrected chi connectivity index (χ3v) is 8.44. The summed E-state index contributed by atoms with van der Waals surface area (Å²) in [7, 11) is -1.48. The highest BCUT2D eigenvalue weighted by Crippen LogP contribution is 2.51. The second-order valence-corrected chi connectivity index (χ2v) is 18.4. The zero-order valence-corrected chi connectivity index (χ0v) is 23.1. The molecule has 1 aliphatic carbocycles. The van der Waals surface area contributed by atoms with Crippen LogP contribution in [0.3, 0.4) is 0 Å². The maximum absolute atomic E-state index is 11.8. The van der Waals surface area contributed by atoms with E-state index in [-0.39, 0.29) is 29.0 Å². The van der Waals surface area contributed by atoms with Gasteiger partial charge in [0.25, 0.3) is 0 Å². The third-order valence-electron chi connectivity index (χ3n) is 6.52. The second-order valence-electron chi connectivity index (χ2n) is 12.5. The lowest BCUT2D eigenvalue weighted by Crippen LogP contribution is -2.52. The van der Waals surface area contributed by atoms with Gasteiger partial charge in [0.05, 0.1) is 12.1 Å². The molecule has 33 heavy (non-hydrogen) atoms. The standard InChI is InChI=1S/C25H42ClN3O3Si/c1-16(30)28-20(15-33(5,6)7)21(31)14-27-19-13-25(9-8-10-25)32-22-18(19)11-17(29-23(22)26)12-24(2,3)4/h11,19-21,27,31H,8-10,12-15H2,1-7H3,(H,28,30)/t19-,20-,21+/m0/s1. The number of carbonyl (C=O) groups is 1. The summed E-state index contributed by atoms with van der Waals surface area (Å²) in [6.45, 7) is 15.2. The number of aromatic nitrogens is 1. The molecular formula is C25H42ClN3O3Si. The summed E-state index contributed by atoms with van der Waals surface area (Å²) in [6.07, 6.45) is 4.17. The molecule has 1 aromatic heterocycles. The van der Waals surface area contributed by atoms with Crippen LogP contribution in [0.1, 0.15) is 70.7 Å². The van der Waals surface area contributed by atoms with Crippen LogP contribution in [0.5, 0.6) is 5.75 Å². The fraction of sp³-hybridized carbons (Fsp3) is 0.760. The van der Waals surface area contributed by atoms with Gasteiger partial charge in [-0.3, -0.25) is 4.79 Å². The molecule has 0 radical (unpaired) electrons. The van der Waals surface area contributed by atoms with Crippen molar-refractivity contribution in [2.45, 2.75) is 109 Å². The van der Waals surface area contributed by atoms with Gasteiger partial charge in [-0.25, -0.2) is 4.98 Å². The van der Waals surface area contributed by atoms with Gasteiger partial charge in [-0.15, -0.1) is 0 Å². The Labute approximate surface area is 205 Å². The zero-order chi connectivity index (χ0) is 24.6. The van der Waals surface area contributed by atoms with Gasteiger partial charge in [0.2, 0.25) is 5.91 Å². The fourth-order valence-electron chi connectivity index (χ4n) is 4.98. The van der Waals surface area contributed by atoms with E-state index in [4.69, 9.17) is 16.3 Å². The quantitative estimate of drug-likeness (QED) is 0.354. The van der Waals surface area contributed by atoms with E-state index in [0.717, 1.165) is 49.4 Å². The van der Waals surface area contributed by atoms with Gasteiger partial charge in [-0.2, -0.15) is 0 Å². The van der Waals surface area contributed by atoms with E-state index in [1.165, 1.54) is 6.92 Å². The van der Waals surface area contributed by atoms with Crippen molar-refractivity contribution in [2.75, 3.05) is 6.54 Å². The number of hydrogen-bond acceptors (Lipinski definition) is 5. The third kappa shape index (κ3) is 7.17. The van der Waals surface area contributed by atoms with Crippen LogP contribution in [0.15, 0.2) is 6.07 Å². The summed E-state index contributed by atoms with van der Waals surface area (Å²) >= 11 is 6.64. The summed E-state index contributed by atoms with van der Waals surface area (Å²) in [4.78, 5) is 16.4. The molecular weight excluding hydrogens is 454 g/mol. The first kappa shape index (κ1) is 26.5. The van der Waals surface area contributed by atoms with E-state index >= 15 is 0 Å². The first-order chi connectivity index (χ1) is 15.2. The lowest BCUT2D eigenvalue weighted by Gasteiger charge is -2.48. The molecule has 0 saturated heterocycles. The predicted molar refractivity (Wildman–Crippen MR) is 137 cm³/mol. The number of halogens is 1. The predicted octanol–water partition coefficient (Wildman–Crippen LogP) is 4.86. The van der Waals surface area contributed by atoms with E-state index in [1.807, 2.05) is 0 Å². The number of ether oxygens (including phenoxy) is 1. The number of aliphatic hydroxyl groups is 1. The van der Waals surface area contributed by atoms with E-state index < -0.39 is 14.2 Å². The Kier molecular flexibility index (Phi) is 7.89. The number of nitrogens with zero attached hydrogens (tertiary/aromatic N) is 1. The first-order valence-corrected chi connectivity index (χ1v) is 16.3. The van der Waals surface area contributed by atoms with Crippen LogP contribution in [0.4, 0.5) is 0 Å². The summed E-state index contributed by atoms with van der Waals surface area (Å²) < 4.78 is 6.43. The van der Waals surface area contributed by atoms with Crippen molar-refractivity contribution in [3.05, 3.63) is 22.5 Å². The number of amides is 1. The van der Waals surface area contributed by atoms with Gasteiger partial charge in [-0.05, 0) is 43.2 Å². The van der Waals surface area contributed by atoms with Crippen LogP contribution < -0.4 is 15.4 Å². The fourth-order valence-corrected chi connectivity index (χ4v) is 6.93. The lowest BCUT2D eigenvalue weighted by atomic mass is 9.73. The Morgan fingerprint density at radius 3 is 2.55 bits per heavy atom. The smallest absolute Gasteiger partial charge is 0.217 e. The molecule has 6 nitrogen and oxygen atoms in total. The molecule has 1 aliphatic heterocycles. The van der Waals surface area contributed by atoms with Crippen LogP contribution in [0.2, 0.25) is 30.8 Å². The van der Waals surface area contributed by atoms with Crippen molar-refractivity contribution in [1.82, 2.24) is 15.6 Å². The Balaban J connectivity index is 1.82. The number of hydrogen-bond donors (Lipinski definition) is 3. The Morgan fingerprint density at radius 1 is 1.36 bits per heavy atom. The van der Waals surface area contributed by atoms with E-state index in [0.29, 0.717) is 17.4 Å². The maximum Gasteiger partial charge on any atom is 0.217 e. The number of rotatable bonds is 8. The molecule has 3 atom stereocenters. The average Bonchev–Trinajstić information content (AvgIpc) is 2.61. The van der Waals surface area contributed by atoms with E-state index in [2.05, 4.69) is 62.1 Å². The van der Waals surface area contributed by atoms with E-state index in [1.54, 1.807) is 0 Å². The topological polar surface area (TPSA) is 83.5 Å². The molecule has 0 unspecified atom stereocenters. The van der Waals surface area contributed by atoms with Gasteiger partial charge in [0.1, 0.15) is 5.60 Å². The van der Waals surface area contributed by atoms with Crippen LogP contribution in [-0.2, 0) is 11.2 Å². The van der Waals surface area contributed by atoms with Gasteiger partial charge >= 0.3 is 0 Å². The molecule has 1 spiro atoms. The molecule has 0 bridgehead atoms. The summed E-state index contributed by atoms with van der Waals surface area (Å²) in [5.74, 6) is 0.583. The molecule has 186 valence electrons. The largest absolute Gasteiger partial charge is 0.484 e. The zero-order valence-electron chi connectivity index (χ0n) is 21.3. The Hall–Kier alpha value is -1.15. The number of nitrogens with one attached hydrogen (secondary N) is 2. The highest BCUT2D eigenvalue weighted by atomic mass is 35.5. The lowest BCUT2D eigenvalue weighted by molar-refractivity contribution is -0.120. The summed E-state index contributed by atoms with van der Waals surface area (Å²) in [5, 5.41) is 18.1. The van der Waals surface area contributed by atoms with Gasteiger partial charge in [0.15, 0.2) is 10.9 Å². The van der Waals surface area contributed by atoms with Gasteiger partial charge in [0, 0.05) is 45.3 Å². The van der Waals surface area contributed by atoms with Crippen molar-refractivity contribution in [1.29, 1.82) is 0 Å². The van der Waals surface area contributed by atoms with Crippen molar-refractivity contribution in [3.63, 3.8) is 0 Å². The average molecular weight is 496 g/mol. The Bertz CT molecular complexity index is 862. The van der Waals surface area contributed by atoms with Gasteiger partial charge < -0.3 is 20.5 Å². The second kappa shape index (κ2) is 9.84. The molecule has 2 heterocycles. The maximum atomic E-state index is 11.8. The van der Waals surface area contributed by atoms with Crippen LogP contribution in [-0.4, -0.2) is 48.4 Å². The molecule has 3 rings (SSSR count). The minimum Gasteiger partial charge on any atom is -0.484 e. The van der Waals surface area contributed by atoms with E-state index in [9.17, 15) is 9.90 Å². The first-order valence-electron chi connectivity index (χ1n) is 12.2. The normalized spacial score (nSPS) is 21.5. The minimum absolute atomic E-state index is 0.0211. The highest BCUT2D eigenvalue weighted by molar-refractivity contribution is 6.76. The minimum atomic E-state index is -1.48. The molecule has 8 heteroatoms. The summed E-state index contributed by atoms with van der Waals surface area (Å²) in [6, 6.07) is 2.72. The molecule has 0 aromatic carbocycles. The highest BCUT2D eigenvalue weighted by Gasteiger charge is 2.46. The molecule has 2 aliphatic rings. The van der Waals surface area contributed by atoms with Crippen molar-refractivity contribution < 1.29 is 14.6 Å². The number of aliphatic hydroxyl groups excluding tert-OH is 1. The van der Waals surface area contributed by atoms with Crippen LogP contribution >= 0.6 is 11.6 Å². The number of pyridine rings is 1. The van der Waals surface area contributed by atoms with Gasteiger partial charge in [-0.1, -0.05) is 52.0 Å². The Morgan fingerprint density at radius 2 is 2.03 bits per heavy atom. The molecule has 3 N–H and O–H groups in total.